The number of benzene rings is 1. The lowest BCUT2D eigenvalue weighted by atomic mass is 10.2. The molecule has 0 aliphatic rings. The summed E-state index contributed by atoms with van der Waals surface area (Å²) in [6.07, 6.45) is 1.84. The second-order valence-corrected chi connectivity index (χ2v) is 6.57. The third kappa shape index (κ3) is 4.59. The Bertz CT molecular complexity index is 592. The third-order valence-electron chi connectivity index (χ3n) is 2.26. The predicted octanol–water partition coefficient (Wildman–Crippen LogP) is 3.93. The molecule has 0 fully saturated rings. The number of rotatable bonds is 5. The van der Waals surface area contributed by atoms with Gasteiger partial charge in [-0.1, -0.05) is 46.9 Å². The molecule has 0 aliphatic heterocycles. The van der Waals surface area contributed by atoms with Gasteiger partial charge in [0.25, 0.3) is 0 Å². The molecule has 0 radical (unpaired) electrons. The molecule has 1 aromatic carbocycles. The van der Waals surface area contributed by atoms with E-state index in [0.717, 1.165) is 15.8 Å². The minimum absolute atomic E-state index is 0.505. The molecule has 0 amide bonds. The van der Waals surface area contributed by atoms with Crippen molar-refractivity contribution in [1.82, 2.24) is 10.2 Å². The molecule has 0 saturated heterocycles. The Morgan fingerprint density at radius 2 is 2.10 bits per heavy atom. The maximum atomic E-state index is 5.24. The van der Waals surface area contributed by atoms with Gasteiger partial charge in [-0.2, -0.15) is 0 Å². The molecule has 4 nitrogen and oxygen atoms in total. The normalized spacial score (nSPS) is 10.1. The molecule has 1 heterocycles. The highest BCUT2D eigenvalue weighted by molar-refractivity contribution is 8.01. The molecule has 0 atom stereocenters. The number of anilines is 2. The molecule has 2 N–H and O–H groups in total. The highest BCUT2D eigenvalue weighted by Gasteiger charge is 2.06. The van der Waals surface area contributed by atoms with Crippen molar-refractivity contribution in [1.29, 1.82) is 0 Å². The fourth-order valence-corrected chi connectivity index (χ4v) is 3.14. The first-order valence-electron chi connectivity index (χ1n) is 5.89. The lowest BCUT2D eigenvalue weighted by Crippen LogP contribution is -2.18. The average Bonchev–Trinajstić information content (AvgIpc) is 2.86. The Balaban J connectivity index is 1.89. The predicted molar refractivity (Wildman–Crippen MR) is 91.9 cm³/mol. The Kier molecular flexibility index (Phi) is 5.51. The molecule has 2 aromatic rings. The number of thiocarbonyl (C=S) groups is 1. The van der Waals surface area contributed by atoms with Gasteiger partial charge in [-0.05, 0) is 31.3 Å². The zero-order valence-electron chi connectivity index (χ0n) is 10.9. The maximum Gasteiger partial charge on any atom is 0.212 e. The van der Waals surface area contributed by atoms with Gasteiger partial charge in [-0.3, -0.25) is 0 Å². The highest BCUT2D eigenvalue weighted by Crippen LogP contribution is 2.25. The van der Waals surface area contributed by atoms with Crippen LogP contribution < -0.4 is 10.6 Å². The molecule has 0 aliphatic carbocycles. The quantitative estimate of drug-likeness (QED) is 0.494. The van der Waals surface area contributed by atoms with E-state index in [-0.39, 0.29) is 0 Å². The van der Waals surface area contributed by atoms with Crippen molar-refractivity contribution in [2.45, 2.75) is 11.3 Å². The highest BCUT2D eigenvalue weighted by atomic mass is 32.2. The van der Waals surface area contributed by atoms with Gasteiger partial charge < -0.3 is 10.6 Å². The van der Waals surface area contributed by atoms with Crippen LogP contribution in [0.4, 0.5) is 10.8 Å². The van der Waals surface area contributed by atoms with Gasteiger partial charge in [0.15, 0.2) is 9.45 Å². The summed E-state index contributed by atoms with van der Waals surface area (Å²) < 4.78 is 0.894. The first-order valence-corrected chi connectivity index (χ1v) is 8.10. The van der Waals surface area contributed by atoms with Crippen LogP contribution in [0.25, 0.3) is 0 Å². The van der Waals surface area contributed by atoms with Crippen molar-refractivity contribution >= 4 is 51.2 Å². The second kappa shape index (κ2) is 7.37. The minimum atomic E-state index is 0.505. The van der Waals surface area contributed by atoms with Crippen LogP contribution >= 0.6 is 35.3 Å². The van der Waals surface area contributed by atoms with Crippen molar-refractivity contribution in [2.24, 2.45) is 0 Å². The van der Waals surface area contributed by atoms with E-state index < -0.39 is 0 Å². The number of aromatic nitrogens is 2. The fourth-order valence-electron chi connectivity index (χ4n) is 1.35. The van der Waals surface area contributed by atoms with Gasteiger partial charge in [0.05, 0.1) is 0 Å². The number of nitrogens with zero attached hydrogens (tertiary/aromatic N) is 2. The van der Waals surface area contributed by atoms with Crippen LogP contribution in [0, 0.1) is 6.92 Å². The van der Waals surface area contributed by atoms with Crippen molar-refractivity contribution in [3.05, 3.63) is 42.5 Å². The van der Waals surface area contributed by atoms with E-state index >= 15 is 0 Å². The SMILES string of the molecule is C=CCSc1nnc(NC(=S)Nc2ccc(C)cc2)s1. The summed E-state index contributed by atoms with van der Waals surface area (Å²) in [6.45, 7) is 5.72. The van der Waals surface area contributed by atoms with E-state index in [2.05, 4.69) is 27.4 Å². The Labute approximate surface area is 131 Å². The summed E-state index contributed by atoms with van der Waals surface area (Å²) in [7, 11) is 0. The topological polar surface area (TPSA) is 49.8 Å². The summed E-state index contributed by atoms with van der Waals surface area (Å²) >= 11 is 8.31. The van der Waals surface area contributed by atoms with E-state index in [1.807, 2.05) is 37.3 Å². The zero-order valence-corrected chi connectivity index (χ0v) is 13.4. The number of thioether (sulfide) groups is 1. The van der Waals surface area contributed by atoms with Crippen LogP contribution in [-0.4, -0.2) is 21.1 Å². The summed E-state index contributed by atoms with van der Waals surface area (Å²) in [5, 5.41) is 15.4. The van der Waals surface area contributed by atoms with E-state index in [1.165, 1.54) is 16.9 Å². The third-order valence-corrected chi connectivity index (χ3v) is 4.43. The van der Waals surface area contributed by atoms with Crippen LogP contribution in [0.5, 0.6) is 0 Å². The first-order chi connectivity index (χ1) is 9.67. The molecular formula is C13H14N4S3. The van der Waals surface area contributed by atoms with Crippen molar-refractivity contribution < 1.29 is 0 Å². The Hall–Kier alpha value is -1.44. The molecule has 0 bridgehead atoms. The lowest BCUT2D eigenvalue weighted by Gasteiger charge is -2.07. The van der Waals surface area contributed by atoms with Gasteiger partial charge in [-0.25, -0.2) is 0 Å². The van der Waals surface area contributed by atoms with Gasteiger partial charge >= 0.3 is 0 Å². The van der Waals surface area contributed by atoms with E-state index in [0.29, 0.717) is 10.2 Å². The summed E-state index contributed by atoms with van der Waals surface area (Å²) in [4.78, 5) is 0. The van der Waals surface area contributed by atoms with E-state index in [9.17, 15) is 0 Å². The summed E-state index contributed by atoms with van der Waals surface area (Å²) in [5.74, 6) is 0.820. The standard InChI is InChI=1S/C13H14N4S3/c1-3-8-19-13-17-16-12(20-13)15-11(18)14-10-6-4-9(2)5-7-10/h3-7H,1,8H2,2H3,(H2,14,15,16,18). The molecule has 7 heteroatoms. The smallest absolute Gasteiger partial charge is 0.212 e. The first kappa shape index (κ1) is 15.0. The van der Waals surface area contributed by atoms with Crippen LogP contribution in [0.15, 0.2) is 41.3 Å². The average molecular weight is 322 g/mol. The molecule has 20 heavy (non-hydrogen) atoms. The van der Waals surface area contributed by atoms with Crippen LogP contribution in [0.2, 0.25) is 0 Å². The number of aryl methyl sites for hydroxylation is 1. The molecule has 0 unspecified atom stereocenters. The lowest BCUT2D eigenvalue weighted by molar-refractivity contribution is 1.02. The van der Waals surface area contributed by atoms with Crippen molar-refractivity contribution in [3.8, 4) is 0 Å². The molecule has 0 saturated carbocycles. The summed E-state index contributed by atoms with van der Waals surface area (Å²) in [6, 6.07) is 8.02. The number of hydrogen-bond donors (Lipinski definition) is 2. The summed E-state index contributed by atoms with van der Waals surface area (Å²) in [5.41, 5.74) is 2.15. The number of hydrogen-bond acceptors (Lipinski definition) is 5. The van der Waals surface area contributed by atoms with Crippen LogP contribution in [0.3, 0.4) is 0 Å². The zero-order chi connectivity index (χ0) is 14.4. The largest absolute Gasteiger partial charge is 0.332 e. The van der Waals surface area contributed by atoms with Gasteiger partial charge in [0, 0.05) is 11.4 Å². The van der Waals surface area contributed by atoms with Crippen LogP contribution in [-0.2, 0) is 0 Å². The Morgan fingerprint density at radius 1 is 1.35 bits per heavy atom. The van der Waals surface area contributed by atoms with E-state index in [1.54, 1.807) is 11.8 Å². The molecule has 104 valence electrons. The molecule has 2 rings (SSSR count). The maximum absolute atomic E-state index is 5.24. The molecule has 0 spiro atoms. The van der Waals surface area contributed by atoms with Gasteiger partial charge in [-0.15, -0.1) is 16.8 Å². The second-order valence-electron chi connectivity index (χ2n) is 3.92. The van der Waals surface area contributed by atoms with Crippen molar-refractivity contribution in [2.75, 3.05) is 16.4 Å². The van der Waals surface area contributed by atoms with Gasteiger partial charge in [0.2, 0.25) is 5.13 Å². The molecule has 1 aromatic heterocycles. The Morgan fingerprint density at radius 3 is 2.80 bits per heavy atom. The van der Waals surface area contributed by atoms with Crippen molar-refractivity contribution in [3.63, 3.8) is 0 Å². The molecular weight excluding hydrogens is 308 g/mol. The monoisotopic (exact) mass is 322 g/mol. The van der Waals surface area contributed by atoms with E-state index in [4.69, 9.17) is 12.2 Å². The fraction of sp³-hybridized carbons (Fsp3) is 0.154. The van der Waals surface area contributed by atoms with Crippen LogP contribution in [0.1, 0.15) is 5.56 Å². The minimum Gasteiger partial charge on any atom is -0.332 e. The van der Waals surface area contributed by atoms with Gasteiger partial charge in [0.1, 0.15) is 0 Å². The number of nitrogens with one attached hydrogen (secondary N) is 2.